The van der Waals surface area contributed by atoms with Crippen LogP contribution >= 0.6 is 23.6 Å². The molecule has 0 amide bonds. The van der Waals surface area contributed by atoms with E-state index >= 15 is 0 Å². The maximum absolute atomic E-state index is 12.4. The van der Waals surface area contributed by atoms with Gasteiger partial charge < -0.3 is 4.74 Å². The number of ether oxygens (including phenoxy) is 1. The Labute approximate surface area is 268 Å². The van der Waals surface area contributed by atoms with E-state index in [-0.39, 0.29) is 11.8 Å². The Bertz CT molecular complexity index is 1830. The molecule has 1 atom stereocenters. The van der Waals surface area contributed by atoms with Gasteiger partial charge in [-0.25, -0.2) is 15.1 Å². The number of benzene rings is 3. The van der Waals surface area contributed by atoms with Gasteiger partial charge in [0.15, 0.2) is 10.6 Å². The first-order valence-electron chi connectivity index (χ1n) is 14.3. The van der Waals surface area contributed by atoms with Crippen LogP contribution in [0.1, 0.15) is 55.8 Å². The number of aryl methyl sites for hydroxylation is 1. The highest BCUT2D eigenvalue weighted by Crippen LogP contribution is 2.26. The molecule has 2 N–H and O–H groups in total. The first-order chi connectivity index (χ1) is 21.5. The molecule has 0 bridgehead atoms. The number of hydrazine groups is 1. The van der Waals surface area contributed by atoms with Crippen LogP contribution in [0.5, 0.6) is 5.75 Å². The van der Waals surface area contributed by atoms with E-state index < -0.39 is 6.36 Å². The van der Waals surface area contributed by atoms with Crippen LogP contribution in [0.25, 0.3) is 22.8 Å². The van der Waals surface area contributed by atoms with Crippen LogP contribution in [0.3, 0.4) is 0 Å². The molecule has 8 nitrogen and oxygen atoms in total. The van der Waals surface area contributed by atoms with E-state index in [9.17, 15) is 13.2 Å². The van der Waals surface area contributed by atoms with Crippen molar-refractivity contribution in [1.29, 1.82) is 0 Å². The second-order valence-electron chi connectivity index (χ2n) is 10.6. The number of hydrogen-bond acceptors (Lipinski definition) is 6. The lowest BCUT2D eigenvalue weighted by molar-refractivity contribution is -0.274. The van der Waals surface area contributed by atoms with Gasteiger partial charge in [-0.3, -0.25) is 9.99 Å². The number of rotatable bonds is 9. The minimum absolute atomic E-state index is 0.0464. The van der Waals surface area contributed by atoms with Crippen molar-refractivity contribution < 1.29 is 17.9 Å². The fourth-order valence-corrected chi connectivity index (χ4v) is 5.68. The number of thiazole rings is 1. The van der Waals surface area contributed by atoms with Gasteiger partial charge in [-0.2, -0.15) is 4.99 Å². The Morgan fingerprint density at radius 3 is 2.47 bits per heavy atom. The summed E-state index contributed by atoms with van der Waals surface area (Å²) in [7, 11) is 0. The largest absolute Gasteiger partial charge is 0.573 e. The van der Waals surface area contributed by atoms with Crippen molar-refractivity contribution in [3.8, 4) is 28.5 Å². The zero-order valence-electron chi connectivity index (χ0n) is 25.0. The molecule has 0 saturated heterocycles. The molecule has 0 aliphatic carbocycles. The second-order valence-corrected chi connectivity index (χ2v) is 11.9. The Morgan fingerprint density at radius 2 is 1.80 bits per heavy atom. The Balaban J connectivity index is 1.24. The van der Waals surface area contributed by atoms with Crippen molar-refractivity contribution >= 4 is 28.7 Å². The molecule has 2 aromatic heterocycles. The van der Waals surface area contributed by atoms with Crippen LogP contribution in [0.4, 0.5) is 13.2 Å². The highest BCUT2D eigenvalue weighted by molar-refractivity contribution is 7.80. The van der Waals surface area contributed by atoms with Gasteiger partial charge >= 0.3 is 6.36 Å². The summed E-state index contributed by atoms with van der Waals surface area (Å²) in [6.07, 6.45) is -0.438. The first kappa shape index (κ1) is 32.1. The molecule has 2 heterocycles. The maximum Gasteiger partial charge on any atom is 0.573 e. The molecule has 0 aliphatic heterocycles. The third-order valence-electron chi connectivity index (χ3n) is 7.01. The lowest BCUT2D eigenvalue weighted by Gasteiger charge is -2.18. The van der Waals surface area contributed by atoms with Gasteiger partial charge in [0.2, 0.25) is 5.11 Å². The summed E-state index contributed by atoms with van der Waals surface area (Å²) in [4.78, 5) is 9.83. The Kier molecular flexibility index (Phi) is 9.80. The van der Waals surface area contributed by atoms with Crippen LogP contribution in [0, 0.1) is 6.92 Å². The molecule has 1 unspecified atom stereocenters. The molecule has 5 rings (SSSR count). The summed E-state index contributed by atoms with van der Waals surface area (Å²) < 4.78 is 44.8. The van der Waals surface area contributed by atoms with Gasteiger partial charge in [0, 0.05) is 17.1 Å². The van der Waals surface area contributed by atoms with Gasteiger partial charge in [-0.15, -0.1) is 29.6 Å². The molecule has 3 aromatic carbocycles. The van der Waals surface area contributed by atoms with Crippen molar-refractivity contribution in [3.05, 3.63) is 106 Å². The van der Waals surface area contributed by atoms with E-state index in [1.54, 1.807) is 0 Å². The lowest BCUT2D eigenvalue weighted by atomic mass is 9.99. The minimum atomic E-state index is -4.75. The molecule has 45 heavy (non-hydrogen) atoms. The summed E-state index contributed by atoms with van der Waals surface area (Å²) in [5, 5.41) is 6.80. The number of aromatic nitrogens is 4. The minimum Gasteiger partial charge on any atom is -0.406 e. The average Bonchev–Trinajstić information content (AvgIpc) is 3.68. The number of thiocarbonyl (C=S) groups is 1. The standard InChI is InChI=1S/C32H32F3N7OS2/c1-5-27(38-39-30(44)37-31-41(16-17-45-31)28-18-21(4)6-15-26(28)20(2)3)22-7-9-23(10-8-22)29-36-19-42(40-29)24-11-13-25(14-12-24)43-32(33,34)35/h6-20,27,38H,5H2,1-4H3,(H,39,44). The zero-order chi connectivity index (χ0) is 32.1. The molecular formula is C32H32F3N7OS2. The van der Waals surface area contributed by atoms with E-state index in [0.717, 1.165) is 28.0 Å². The van der Waals surface area contributed by atoms with Crippen LogP contribution in [0.2, 0.25) is 0 Å². The van der Waals surface area contributed by atoms with Crippen molar-refractivity contribution in [2.45, 2.75) is 52.4 Å². The molecule has 0 saturated carbocycles. The third kappa shape index (κ3) is 8.04. The number of hydrogen-bond donors (Lipinski definition) is 2. The number of halogens is 3. The van der Waals surface area contributed by atoms with Crippen molar-refractivity contribution in [2.24, 2.45) is 4.99 Å². The number of alkyl halides is 3. The molecule has 0 aliphatic rings. The smallest absolute Gasteiger partial charge is 0.406 e. The summed E-state index contributed by atoms with van der Waals surface area (Å²) in [5.74, 6) is 0.538. The van der Waals surface area contributed by atoms with E-state index in [1.807, 2.05) is 35.8 Å². The highest BCUT2D eigenvalue weighted by Gasteiger charge is 2.31. The SMILES string of the molecule is CCC(NNC(=S)N=c1sccn1-c1cc(C)ccc1C(C)C)c1ccc(-c2ncn(-c3ccc(OC(F)(F)F)cc3)n2)cc1. The van der Waals surface area contributed by atoms with Gasteiger partial charge in [-0.05, 0) is 78.5 Å². The van der Waals surface area contributed by atoms with E-state index in [1.165, 1.54) is 57.7 Å². The molecule has 0 fully saturated rings. The molecule has 5 aromatic rings. The summed E-state index contributed by atoms with van der Waals surface area (Å²) in [6, 6.07) is 19.7. The van der Waals surface area contributed by atoms with E-state index in [4.69, 9.17) is 17.2 Å². The predicted octanol–water partition coefficient (Wildman–Crippen LogP) is 7.55. The molecule has 234 valence electrons. The highest BCUT2D eigenvalue weighted by atomic mass is 32.1. The third-order valence-corrected chi connectivity index (χ3v) is 7.96. The van der Waals surface area contributed by atoms with Crippen molar-refractivity contribution in [2.75, 3.05) is 0 Å². The zero-order valence-corrected chi connectivity index (χ0v) is 26.7. The van der Waals surface area contributed by atoms with Crippen LogP contribution in [-0.2, 0) is 0 Å². The van der Waals surface area contributed by atoms with Gasteiger partial charge in [0.05, 0.1) is 17.4 Å². The first-order valence-corrected chi connectivity index (χ1v) is 15.5. The van der Waals surface area contributed by atoms with Crippen LogP contribution in [0.15, 0.2) is 89.6 Å². The normalized spacial score (nSPS) is 12.8. The number of nitrogens with zero attached hydrogens (tertiary/aromatic N) is 5. The fourth-order valence-electron chi connectivity index (χ4n) is 4.76. The summed E-state index contributed by atoms with van der Waals surface area (Å²) in [5.41, 5.74) is 12.3. The quantitative estimate of drug-likeness (QED) is 0.127. The van der Waals surface area contributed by atoms with Gasteiger partial charge in [0.1, 0.15) is 12.1 Å². The van der Waals surface area contributed by atoms with Crippen molar-refractivity contribution in [1.82, 2.24) is 30.2 Å². The monoisotopic (exact) mass is 651 g/mol. The Morgan fingerprint density at radius 1 is 1.07 bits per heavy atom. The predicted molar refractivity (Wildman–Crippen MR) is 173 cm³/mol. The summed E-state index contributed by atoms with van der Waals surface area (Å²) >= 11 is 7.09. The maximum atomic E-state index is 12.4. The average molecular weight is 652 g/mol. The van der Waals surface area contributed by atoms with Crippen molar-refractivity contribution in [3.63, 3.8) is 0 Å². The Hall–Kier alpha value is -4.33. The lowest BCUT2D eigenvalue weighted by Crippen LogP contribution is -2.39. The van der Waals surface area contributed by atoms with E-state index in [0.29, 0.717) is 22.5 Å². The number of nitrogens with one attached hydrogen (secondary N) is 2. The molecule has 0 radical (unpaired) electrons. The molecular weight excluding hydrogens is 620 g/mol. The van der Waals surface area contributed by atoms with Gasteiger partial charge in [-0.1, -0.05) is 57.2 Å². The topological polar surface area (TPSA) is 81.3 Å². The van der Waals surface area contributed by atoms with Crippen LogP contribution < -0.4 is 20.4 Å². The second kappa shape index (κ2) is 13.8. The van der Waals surface area contributed by atoms with E-state index in [2.05, 4.69) is 76.1 Å². The summed E-state index contributed by atoms with van der Waals surface area (Å²) in [6.45, 7) is 8.51. The molecule has 0 spiro atoms. The molecule has 13 heteroatoms. The van der Waals surface area contributed by atoms with Gasteiger partial charge in [0.25, 0.3) is 0 Å². The fraction of sp³-hybridized carbons (Fsp3) is 0.250. The van der Waals surface area contributed by atoms with Crippen LogP contribution in [-0.4, -0.2) is 30.8 Å².